The topological polar surface area (TPSA) is 52.6 Å². The van der Waals surface area contributed by atoms with Crippen LogP contribution in [0.25, 0.3) is 0 Å². The van der Waals surface area contributed by atoms with Gasteiger partial charge in [-0.05, 0) is 49.5 Å². The van der Waals surface area contributed by atoms with E-state index in [9.17, 15) is 9.90 Å². The predicted octanol–water partition coefficient (Wildman–Crippen LogP) is 2.72. The first kappa shape index (κ1) is 14.9. The standard InChI is InChI=1S/C16H24N2O2/c1-16(2,3)11-7-8-14(19)12(10-11)17-15(20)13-6-5-9-18(13)4/h7-8,10,13,19H,5-6,9H2,1-4H3,(H,17,20)/t13-/m0/s1. The van der Waals surface area contributed by atoms with Gasteiger partial charge in [0.05, 0.1) is 11.7 Å². The molecule has 0 aliphatic carbocycles. The summed E-state index contributed by atoms with van der Waals surface area (Å²) in [6, 6.07) is 5.32. The van der Waals surface area contributed by atoms with Gasteiger partial charge in [0.2, 0.25) is 5.91 Å². The number of phenols is 1. The Balaban J connectivity index is 2.18. The number of anilines is 1. The minimum atomic E-state index is -0.0901. The summed E-state index contributed by atoms with van der Waals surface area (Å²) < 4.78 is 0. The van der Waals surface area contributed by atoms with Crippen molar-refractivity contribution in [2.75, 3.05) is 18.9 Å². The first-order valence-corrected chi connectivity index (χ1v) is 7.13. The summed E-state index contributed by atoms with van der Waals surface area (Å²) in [5, 5.41) is 12.8. The molecule has 0 radical (unpaired) electrons. The van der Waals surface area contributed by atoms with Gasteiger partial charge in [0.1, 0.15) is 5.75 Å². The number of phenolic OH excluding ortho intramolecular Hbond substituents is 1. The molecule has 1 aliphatic heterocycles. The molecule has 1 aromatic carbocycles. The first-order valence-electron chi connectivity index (χ1n) is 7.13. The van der Waals surface area contributed by atoms with Crippen LogP contribution in [0.2, 0.25) is 0 Å². The quantitative estimate of drug-likeness (QED) is 0.817. The van der Waals surface area contributed by atoms with Crippen molar-refractivity contribution in [1.29, 1.82) is 0 Å². The van der Waals surface area contributed by atoms with Crippen LogP contribution in [0.1, 0.15) is 39.2 Å². The SMILES string of the molecule is CN1CCC[C@H]1C(=O)Nc1cc(C(C)(C)C)ccc1O. The molecule has 1 amide bonds. The number of carbonyl (C=O) groups excluding carboxylic acids is 1. The molecule has 2 rings (SSSR count). The van der Waals surface area contributed by atoms with E-state index >= 15 is 0 Å². The Morgan fingerprint density at radius 3 is 2.65 bits per heavy atom. The molecule has 0 spiro atoms. The molecule has 1 aliphatic rings. The molecule has 1 saturated heterocycles. The summed E-state index contributed by atoms with van der Waals surface area (Å²) in [6.45, 7) is 7.27. The fourth-order valence-electron chi connectivity index (χ4n) is 2.56. The van der Waals surface area contributed by atoms with Crippen molar-refractivity contribution in [2.45, 2.75) is 45.1 Å². The number of nitrogens with one attached hydrogen (secondary N) is 1. The number of amides is 1. The number of likely N-dealkylation sites (tertiary alicyclic amines) is 1. The zero-order valence-electron chi connectivity index (χ0n) is 12.7. The minimum absolute atomic E-state index is 0.0165. The molecule has 4 heteroatoms. The molecule has 1 aromatic rings. The lowest BCUT2D eigenvalue weighted by Crippen LogP contribution is -2.37. The fourth-order valence-corrected chi connectivity index (χ4v) is 2.56. The Kier molecular flexibility index (Phi) is 4.04. The number of carbonyl (C=O) groups is 1. The molecule has 20 heavy (non-hydrogen) atoms. The predicted molar refractivity (Wildman–Crippen MR) is 81.1 cm³/mol. The zero-order valence-corrected chi connectivity index (χ0v) is 12.7. The summed E-state index contributed by atoms with van der Waals surface area (Å²) in [7, 11) is 1.96. The molecule has 1 atom stereocenters. The van der Waals surface area contributed by atoms with Gasteiger partial charge < -0.3 is 10.4 Å². The van der Waals surface area contributed by atoms with Gasteiger partial charge >= 0.3 is 0 Å². The van der Waals surface area contributed by atoms with Crippen LogP contribution in [0, 0.1) is 0 Å². The van der Waals surface area contributed by atoms with Crippen molar-refractivity contribution in [1.82, 2.24) is 4.90 Å². The number of aromatic hydroxyl groups is 1. The monoisotopic (exact) mass is 276 g/mol. The van der Waals surface area contributed by atoms with Crippen LogP contribution in [-0.4, -0.2) is 35.5 Å². The van der Waals surface area contributed by atoms with Crippen molar-refractivity contribution in [3.05, 3.63) is 23.8 Å². The largest absolute Gasteiger partial charge is 0.506 e. The fraction of sp³-hybridized carbons (Fsp3) is 0.562. The van der Waals surface area contributed by atoms with Crippen molar-refractivity contribution in [2.24, 2.45) is 0 Å². The van der Waals surface area contributed by atoms with Crippen LogP contribution in [0.3, 0.4) is 0 Å². The maximum absolute atomic E-state index is 12.3. The zero-order chi connectivity index (χ0) is 14.9. The van der Waals surface area contributed by atoms with Crippen molar-refractivity contribution in [3.8, 4) is 5.75 Å². The van der Waals surface area contributed by atoms with Crippen LogP contribution in [0.4, 0.5) is 5.69 Å². The number of benzene rings is 1. The average Bonchev–Trinajstić information content (AvgIpc) is 2.77. The molecule has 1 heterocycles. The van der Waals surface area contributed by atoms with Gasteiger partial charge in [0, 0.05) is 0 Å². The Hall–Kier alpha value is -1.55. The Morgan fingerprint density at radius 2 is 2.10 bits per heavy atom. The second-order valence-electron chi connectivity index (χ2n) is 6.61. The lowest BCUT2D eigenvalue weighted by atomic mass is 9.87. The van der Waals surface area contributed by atoms with Crippen molar-refractivity contribution >= 4 is 11.6 Å². The van der Waals surface area contributed by atoms with E-state index < -0.39 is 0 Å². The highest BCUT2D eigenvalue weighted by Crippen LogP contribution is 2.31. The molecule has 110 valence electrons. The van der Waals surface area contributed by atoms with E-state index in [1.165, 1.54) is 0 Å². The van der Waals surface area contributed by atoms with Gasteiger partial charge in [0.25, 0.3) is 0 Å². The Labute approximate surface area is 120 Å². The molecular weight excluding hydrogens is 252 g/mol. The minimum Gasteiger partial charge on any atom is -0.506 e. The van der Waals surface area contributed by atoms with Crippen LogP contribution in [-0.2, 0) is 10.2 Å². The van der Waals surface area contributed by atoms with Crippen LogP contribution in [0.15, 0.2) is 18.2 Å². The maximum atomic E-state index is 12.3. The number of likely N-dealkylation sites (N-methyl/N-ethyl adjacent to an activating group) is 1. The third kappa shape index (κ3) is 3.12. The molecule has 0 bridgehead atoms. The number of hydrogen-bond acceptors (Lipinski definition) is 3. The van der Waals surface area contributed by atoms with Gasteiger partial charge in [-0.2, -0.15) is 0 Å². The van der Waals surface area contributed by atoms with Crippen molar-refractivity contribution in [3.63, 3.8) is 0 Å². The molecular formula is C16H24N2O2. The van der Waals surface area contributed by atoms with E-state index in [0.29, 0.717) is 5.69 Å². The highest BCUT2D eigenvalue weighted by Gasteiger charge is 2.28. The summed E-state index contributed by atoms with van der Waals surface area (Å²) in [4.78, 5) is 14.3. The van der Waals surface area contributed by atoms with E-state index in [2.05, 4.69) is 31.0 Å². The Bertz CT molecular complexity index is 506. The number of rotatable bonds is 2. The van der Waals surface area contributed by atoms with E-state index in [1.54, 1.807) is 6.07 Å². The van der Waals surface area contributed by atoms with Gasteiger partial charge in [-0.3, -0.25) is 9.69 Å². The first-order chi connectivity index (χ1) is 9.29. The lowest BCUT2D eigenvalue weighted by Gasteiger charge is -2.22. The van der Waals surface area contributed by atoms with Crippen LogP contribution < -0.4 is 5.32 Å². The van der Waals surface area contributed by atoms with Gasteiger partial charge in [0.15, 0.2) is 0 Å². The smallest absolute Gasteiger partial charge is 0.241 e. The highest BCUT2D eigenvalue weighted by atomic mass is 16.3. The number of nitrogens with zero attached hydrogens (tertiary/aromatic N) is 1. The molecule has 2 N–H and O–H groups in total. The van der Waals surface area contributed by atoms with Gasteiger partial charge in [-0.1, -0.05) is 26.8 Å². The number of hydrogen-bond donors (Lipinski definition) is 2. The van der Waals surface area contributed by atoms with Crippen molar-refractivity contribution < 1.29 is 9.90 Å². The van der Waals surface area contributed by atoms with E-state index in [1.807, 2.05) is 19.2 Å². The highest BCUT2D eigenvalue weighted by molar-refractivity contribution is 5.96. The molecule has 0 saturated carbocycles. The normalized spacial score (nSPS) is 20.1. The average molecular weight is 276 g/mol. The summed E-state index contributed by atoms with van der Waals surface area (Å²) in [5.41, 5.74) is 1.57. The second-order valence-corrected chi connectivity index (χ2v) is 6.61. The third-order valence-electron chi connectivity index (χ3n) is 3.94. The van der Waals surface area contributed by atoms with Gasteiger partial charge in [-0.25, -0.2) is 0 Å². The van der Waals surface area contributed by atoms with E-state index in [0.717, 1.165) is 24.9 Å². The summed E-state index contributed by atoms with van der Waals surface area (Å²) in [6.07, 6.45) is 1.92. The molecule has 0 unspecified atom stereocenters. The molecule has 4 nitrogen and oxygen atoms in total. The van der Waals surface area contributed by atoms with Crippen LogP contribution >= 0.6 is 0 Å². The van der Waals surface area contributed by atoms with Gasteiger partial charge in [-0.15, -0.1) is 0 Å². The maximum Gasteiger partial charge on any atom is 0.241 e. The summed E-state index contributed by atoms with van der Waals surface area (Å²) in [5.74, 6) is 0.0818. The summed E-state index contributed by atoms with van der Waals surface area (Å²) >= 11 is 0. The third-order valence-corrected chi connectivity index (χ3v) is 3.94. The Morgan fingerprint density at radius 1 is 1.40 bits per heavy atom. The molecule has 1 fully saturated rings. The molecule has 0 aromatic heterocycles. The second kappa shape index (κ2) is 5.44. The van der Waals surface area contributed by atoms with E-state index in [-0.39, 0.29) is 23.1 Å². The lowest BCUT2D eigenvalue weighted by molar-refractivity contribution is -0.119. The van der Waals surface area contributed by atoms with E-state index in [4.69, 9.17) is 0 Å². The van der Waals surface area contributed by atoms with Crippen LogP contribution in [0.5, 0.6) is 5.75 Å².